The molecule has 0 aliphatic heterocycles. The van der Waals surface area contributed by atoms with E-state index in [-0.39, 0.29) is 0 Å². The molecule has 0 heterocycles. The molecule has 100 valence electrons. The highest BCUT2D eigenvalue weighted by Gasteiger charge is 1.72. The monoisotopic (exact) mass is 258 g/mol. The summed E-state index contributed by atoms with van der Waals surface area (Å²) in [6.07, 6.45) is 4.82. The zero-order chi connectivity index (χ0) is 15.5. The Kier molecular flexibility index (Phi) is 23.3. The molecular weight excluding hydrogens is 240 g/mol. The molecule has 0 bridgehead atoms. The molecule has 4 heteroatoms. The van der Waals surface area contributed by atoms with E-state index in [2.05, 4.69) is 38.8 Å². The van der Waals surface area contributed by atoms with Crippen LogP contribution in [0, 0.1) is 17.7 Å². The zero-order valence-corrected chi connectivity index (χ0v) is 11.0. The molecular formula is C15H18N2O2. The van der Waals surface area contributed by atoms with Crippen molar-refractivity contribution in [2.75, 3.05) is 0 Å². The number of benzene rings is 1. The van der Waals surface area contributed by atoms with Gasteiger partial charge in [0.25, 0.3) is 0 Å². The van der Waals surface area contributed by atoms with Gasteiger partial charge in [0.15, 0.2) is 0 Å². The Hall–Kier alpha value is -2.80. The average molecular weight is 258 g/mol. The summed E-state index contributed by atoms with van der Waals surface area (Å²) in [7, 11) is 0. The Morgan fingerprint density at radius 1 is 1.05 bits per heavy atom. The Labute approximate surface area is 113 Å². The van der Waals surface area contributed by atoms with Gasteiger partial charge in [0.2, 0.25) is 12.2 Å². The third-order valence-electron chi connectivity index (χ3n) is 1.46. The maximum atomic E-state index is 8.35. The molecule has 19 heavy (non-hydrogen) atoms. The summed E-state index contributed by atoms with van der Waals surface area (Å²) in [5.74, 6) is 0. The maximum Gasteiger partial charge on any atom is 0.231 e. The summed E-state index contributed by atoms with van der Waals surface area (Å²) in [6, 6.07) is 10.3. The summed E-state index contributed by atoms with van der Waals surface area (Å²) >= 11 is 0. The van der Waals surface area contributed by atoms with Gasteiger partial charge in [-0.05, 0) is 12.5 Å². The zero-order valence-electron chi connectivity index (χ0n) is 11.0. The van der Waals surface area contributed by atoms with Crippen LogP contribution in [0.15, 0.2) is 67.8 Å². The van der Waals surface area contributed by atoms with Crippen LogP contribution in [0.3, 0.4) is 0 Å². The van der Waals surface area contributed by atoms with Crippen LogP contribution in [-0.2, 0) is 9.59 Å². The minimum atomic E-state index is 0.750. The summed E-state index contributed by atoms with van der Waals surface area (Å²) in [6.45, 7) is 12.6. The predicted octanol–water partition coefficient (Wildman–Crippen LogP) is 3.71. The predicted molar refractivity (Wildman–Crippen MR) is 77.5 cm³/mol. The van der Waals surface area contributed by atoms with Gasteiger partial charge >= 0.3 is 0 Å². The Balaban J connectivity index is -0.000000195. The van der Waals surface area contributed by atoms with Crippen molar-refractivity contribution in [3.05, 3.63) is 73.4 Å². The number of allylic oxidation sites excluding steroid dienone is 3. The third kappa shape index (κ3) is 31.3. The summed E-state index contributed by atoms with van der Waals surface area (Å²) < 4.78 is 0. The van der Waals surface area contributed by atoms with E-state index in [9.17, 15) is 0 Å². The number of hydrogen-bond donors (Lipinski definition) is 2. The van der Waals surface area contributed by atoms with Crippen molar-refractivity contribution in [1.29, 1.82) is 10.8 Å². The van der Waals surface area contributed by atoms with E-state index in [4.69, 9.17) is 20.4 Å². The highest BCUT2D eigenvalue weighted by atomic mass is 16.1. The second kappa shape index (κ2) is 20.6. The van der Waals surface area contributed by atoms with Crippen molar-refractivity contribution in [1.82, 2.24) is 0 Å². The molecule has 0 aliphatic rings. The van der Waals surface area contributed by atoms with Crippen LogP contribution < -0.4 is 0 Å². The van der Waals surface area contributed by atoms with Gasteiger partial charge in [0, 0.05) is 0 Å². The van der Waals surface area contributed by atoms with Crippen molar-refractivity contribution in [2.45, 2.75) is 6.92 Å². The van der Waals surface area contributed by atoms with E-state index in [1.165, 1.54) is 5.56 Å². The summed E-state index contributed by atoms with van der Waals surface area (Å²) in [5.41, 5.74) is 2.19. The first-order chi connectivity index (χ1) is 9.03. The number of aryl methyl sites for hydroxylation is 1. The molecule has 0 radical (unpaired) electrons. The second-order valence-corrected chi connectivity index (χ2v) is 2.84. The van der Waals surface area contributed by atoms with Gasteiger partial charge in [-0.1, -0.05) is 67.8 Å². The molecule has 0 aliphatic carbocycles. The van der Waals surface area contributed by atoms with Crippen LogP contribution in [0.2, 0.25) is 0 Å². The van der Waals surface area contributed by atoms with E-state index in [0.29, 0.717) is 0 Å². The van der Waals surface area contributed by atoms with Crippen molar-refractivity contribution in [3.63, 3.8) is 0 Å². The fourth-order valence-electron chi connectivity index (χ4n) is 0.618. The summed E-state index contributed by atoms with van der Waals surface area (Å²) in [5, 5.41) is 10.8. The molecule has 0 unspecified atom stereocenters. The fourth-order valence-corrected chi connectivity index (χ4v) is 0.618. The lowest BCUT2D eigenvalue weighted by Crippen LogP contribution is -1.62. The lowest BCUT2D eigenvalue weighted by molar-refractivity contribution is 0.562. The molecule has 0 saturated carbocycles. The van der Waals surface area contributed by atoms with Crippen molar-refractivity contribution in [3.8, 4) is 0 Å². The Morgan fingerprint density at radius 2 is 1.37 bits per heavy atom. The first-order valence-corrected chi connectivity index (χ1v) is 5.07. The smallest absolute Gasteiger partial charge is 0.222 e. The van der Waals surface area contributed by atoms with E-state index in [0.717, 1.165) is 17.7 Å². The Bertz CT molecular complexity index is 403. The van der Waals surface area contributed by atoms with E-state index in [1.54, 1.807) is 12.2 Å². The molecule has 1 aromatic rings. The molecule has 4 nitrogen and oxygen atoms in total. The van der Waals surface area contributed by atoms with Crippen LogP contribution in [0.5, 0.6) is 0 Å². The van der Waals surface area contributed by atoms with Crippen LogP contribution in [-0.4, -0.2) is 12.2 Å². The second-order valence-electron chi connectivity index (χ2n) is 2.84. The highest BCUT2D eigenvalue weighted by Crippen LogP contribution is 1.92. The number of nitrogens with one attached hydrogen (secondary N) is 2. The van der Waals surface area contributed by atoms with Gasteiger partial charge in [0.05, 0.1) is 0 Å². The largest absolute Gasteiger partial charge is 0.231 e. The maximum absolute atomic E-state index is 8.35. The van der Waals surface area contributed by atoms with Gasteiger partial charge in [-0.2, -0.15) is 0 Å². The molecule has 0 aromatic heterocycles. The topological polar surface area (TPSA) is 81.8 Å². The molecule has 0 spiro atoms. The first kappa shape index (κ1) is 21.5. The lowest BCUT2D eigenvalue weighted by Gasteiger charge is -1.82. The molecule has 0 saturated heterocycles. The van der Waals surface area contributed by atoms with Crippen molar-refractivity contribution >= 4 is 12.2 Å². The molecule has 1 rings (SSSR count). The first-order valence-electron chi connectivity index (χ1n) is 5.07. The average Bonchev–Trinajstić information content (AvgIpc) is 2.41. The molecule has 2 N–H and O–H groups in total. The van der Waals surface area contributed by atoms with Gasteiger partial charge in [-0.15, -0.1) is 0 Å². The molecule has 0 fully saturated rings. The normalized spacial score (nSPS) is 6.16. The molecule has 0 amide bonds. The van der Waals surface area contributed by atoms with E-state index >= 15 is 0 Å². The standard InChI is InChI=1S/C7H8.C6H8.2CHNO/c1-7-5-3-2-4-6-7;1-4-6(3)5-2;2*2-1-3/h2-6H,1H3;4-5H,1-3H2;2*2H. The van der Waals surface area contributed by atoms with E-state index in [1.807, 2.05) is 18.2 Å². The van der Waals surface area contributed by atoms with Gasteiger partial charge in [0.1, 0.15) is 0 Å². The van der Waals surface area contributed by atoms with Gasteiger partial charge in [-0.3, -0.25) is 0 Å². The molecule has 0 atom stereocenters. The minimum Gasteiger partial charge on any atom is -0.222 e. The van der Waals surface area contributed by atoms with Crippen LogP contribution in [0.1, 0.15) is 5.56 Å². The van der Waals surface area contributed by atoms with Gasteiger partial charge in [-0.25, -0.2) is 20.4 Å². The van der Waals surface area contributed by atoms with Crippen molar-refractivity contribution in [2.24, 2.45) is 0 Å². The fraction of sp³-hybridized carbons (Fsp3) is 0.0667. The number of rotatable bonds is 2. The quantitative estimate of drug-likeness (QED) is 0.481. The van der Waals surface area contributed by atoms with Crippen LogP contribution in [0.4, 0.5) is 0 Å². The number of isocyanates is 2. The van der Waals surface area contributed by atoms with Crippen molar-refractivity contribution < 1.29 is 9.59 Å². The lowest BCUT2D eigenvalue weighted by atomic mass is 10.2. The molecule has 1 aromatic carbocycles. The number of carbonyl (C=O) groups excluding carboxylic acids is 2. The summed E-state index contributed by atoms with van der Waals surface area (Å²) in [4.78, 5) is 16.7. The highest BCUT2D eigenvalue weighted by molar-refractivity contribution is 5.26. The number of hydrogen-bond acceptors (Lipinski definition) is 4. The minimum absolute atomic E-state index is 0.750. The van der Waals surface area contributed by atoms with Crippen LogP contribution in [0.25, 0.3) is 0 Å². The van der Waals surface area contributed by atoms with Gasteiger partial charge < -0.3 is 0 Å². The van der Waals surface area contributed by atoms with E-state index < -0.39 is 0 Å². The SMILES string of the molecule is C=CC(=C)C=C.Cc1ccccc1.N=C=O.N=C=O. The Morgan fingerprint density at radius 3 is 1.47 bits per heavy atom. The third-order valence-corrected chi connectivity index (χ3v) is 1.46. The van der Waals surface area contributed by atoms with Crippen LogP contribution >= 0.6 is 0 Å².